The van der Waals surface area contributed by atoms with Gasteiger partial charge in [-0.15, -0.1) is 0 Å². The van der Waals surface area contributed by atoms with Crippen molar-refractivity contribution < 1.29 is 9.90 Å². The van der Waals surface area contributed by atoms with Crippen LogP contribution in [0, 0.1) is 13.8 Å². The third-order valence-electron chi connectivity index (χ3n) is 3.53. The molecule has 0 spiro atoms. The van der Waals surface area contributed by atoms with Crippen LogP contribution in [-0.2, 0) is 17.6 Å². The number of aromatic hydroxyl groups is 1. The Morgan fingerprint density at radius 1 is 1.10 bits per heavy atom. The lowest BCUT2D eigenvalue weighted by Gasteiger charge is -2.08. The Kier molecular flexibility index (Phi) is 4.99. The molecule has 0 radical (unpaired) electrons. The maximum absolute atomic E-state index is 12.0. The Bertz CT molecular complexity index is 618. The van der Waals surface area contributed by atoms with Crippen LogP contribution in [0.2, 0.25) is 0 Å². The molecule has 0 aliphatic carbocycles. The Hall–Kier alpha value is -2.29. The average Bonchev–Trinajstić information content (AvgIpc) is 2.45. The molecule has 0 atom stereocenters. The molecule has 2 aromatic carbocycles. The molecular weight excluding hydrogens is 262 g/mol. The van der Waals surface area contributed by atoms with Crippen LogP contribution in [0.15, 0.2) is 42.5 Å². The van der Waals surface area contributed by atoms with Crippen LogP contribution in [0.1, 0.15) is 22.3 Å². The van der Waals surface area contributed by atoms with Crippen molar-refractivity contribution in [2.24, 2.45) is 0 Å². The SMILES string of the molecule is Cc1ccc(C)c(CC(=O)NCCc2ccc(O)cc2)c1. The van der Waals surface area contributed by atoms with Gasteiger partial charge in [-0.1, -0.05) is 35.9 Å². The van der Waals surface area contributed by atoms with Gasteiger partial charge in [0, 0.05) is 6.54 Å². The second-order valence-corrected chi connectivity index (χ2v) is 5.37. The largest absolute Gasteiger partial charge is 0.508 e. The number of phenolic OH excluding ortho intramolecular Hbond substituents is 1. The van der Waals surface area contributed by atoms with E-state index in [1.54, 1.807) is 12.1 Å². The maximum atomic E-state index is 12.0. The first-order valence-electron chi connectivity index (χ1n) is 7.15. The van der Waals surface area contributed by atoms with E-state index in [0.717, 1.165) is 23.1 Å². The molecule has 3 heteroatoms. The summed E-state index contributed by atoms with van der Waals surface area (Å²) in [6.07, 6.45) is 1.18. The summed E-state index contributed by atoms with van der Waals surface area (Å²) in [6, 6.07) is 13.2. The lowest BCUT2D eigenvalue weighted by Crippen LogP contribution is -2.27. The fraction of sp³-hybridized carbons (Fsp3) is 0.278. The van der Waals surface area contributed by atoms with Gasteiger partial charge in [-0.25, -0.2) is 0 Å². The molecule has 2 aromatic rings. The van der Waals surface area contributed by atoms with Gasteiger partial charge >= 0.3 is 0 Å². The van der Waals surface area contributed by atoms with Crippen molar-refractivity contribution in [3.63, 3.8) is 0 Å². The summed E-state index contributed by atoms with van der Waals surface area (Å²) in [7, 11) is 0. The van der Waals surface area contributed by atoms with Crippen LogP contribution in [0.3, 0.4) is 0 Å². The molecule has 0 heterocycles. The highest BCUT2D eigenvalue weighted by atomic mass is 16.3. The molecule has 0 saturated carbocycles. The second kappa shape index (κ2) is 6.93. The molecule has 0 saturated heterocycles. The fourth-order valence-electron chi connectivity index (χ4n) is 2.24. The van der Waals surface area contributed by atoms with Crippen molar-refractivity contribution in [1.82, 2.24) is 5.32 Å². The van der Waals surface area contributed by atoms with E-state index in [1.807, 2.05) is 32.0 Å². The Morgan fingerprint density at radius 2 is 1.81 bits per heavy atom. The summed E-state index contributed by atoms with van der Waals surface area (Å²) < 4.78 is 0. The van der Waals surface area contributed by atoms with E-state index < -0.39 is 0 Å². The number of carbonyl (C=O) groups excluding carboxylic acids is 1. The van der Waals surface area contributed by atoms with Crippen LogP contribution in [0.4, 0.5) is 0 Å². The van der Waals surface area contributed by atoms with Crippen LogP contribution < -0.4 is 5.32 Å². The monoisotopic (exact) mass is 283 g/mol. The molecule has 110 valence electrons. The molecule has 0 bridgehead atoms. The number of hydrogen-bond donors (Lipinski definition) is 2. The van der Waals surface area contributed by atoms with Crippen LogP contribution in [-0.4, -0.2) is 17.6 Å². The zero-order valence-corrected chi connectivity index (χ0v) is 12.5. The zero-order chi connectivity index (χ0) is 15.2. The Morgan fingerprint density at radius 3 is 2.52 bits per heavy atom. The van der Waals surface area contributed by atoms with Crippen LogP contribution >= 0.6 is 0 Å². The van der Waals surface area contributed by atoms with E-state index in [4.69, 9.17) is 0 Å². The predicted molar refractivity (Wildman–Crippen MR) is 84.4 cm³/mol. The van der Waals surface area contributed by atoms with E-state index in [9.17, 15) is 9.90 Å². The Balaban J connectivity index is 1.82. The molecule has 1 amide bonds. The van der Waals surface area contributed by atoms with Crippen LogP contribution in [0.5, 0.6) is 5.75 Å². The highest BCUT2D eigenvalue weighted by Crippen LogP contribution is 2.12. The van der Waals surface area contributed by atoms with E-state index >= 15 is 0 Å². The fourth-order valence-corrected chi connectivity index (χ4v) is 2.24. The molecule has 0 unspecified atom stereocenters. The molecular formula is C18H21NO2. The smallest absolute Gasteiger partial charge is 0.224 e. The molecule has 3 nitrogen and oxygen atoms in total. The van der Waals surface area contributed by atoms with Crippen molar-refractivity contribution in [3.05, 3.63) is 64.7 Å². The van der Waals surface area contributed by atoms with E-state index in [1.165, 1.54) is 5.56 Å². The summed E-state index contributed by atoms with van der Waals surface area (Å²) in [5, 5.41) is 12.2. The minimum absolute atomic E-state index is 0.0440. The number of hydrogen-bond acceptors (Lipinski definition) is 2. The number of phenols is 1. The van der Waals surface area contributed by atoms with Gasteiger partial charge in [0.25, 0.3) is 0 Å². The molecule has 2 N–H and O–H groups in total. The van der Waals surface area contributed by atoms with Gasteiger partial charge in [-0.3, -0.25) is 4.79 Å². The second-order valence-electron chi connectivity index (χ2n) is 5.37. The zero-order valence-electron chi connectivity index (χ0n) is 12.5. The molecule has 0 fully saturated rings. The predicted octanol–water partition coefficient (Wildman–Crippen LogP) is 2.91. The lowest BCUT2D eigenvalue weighted by atomic mass is 10.0. The summed E-state index contributed by atoms with van der Waals surface area (Å²) in [4.78, 5) is 12.0. The number of nitrogens with one attached hydrogen (secondary N) is 1. The molecule has 0 aliphatic rings. The summed E-state index contributed by atoms with van der Waals surface area (Å²) >= 11 is 0. The minimum Gasteiger partial charge on any atom is -0.508 e. The van der Waals surface area contributed by atoms with Crippen molar-refractivity contribution in [2.45, 2.75) is 26.7 Å². The summed E-state index contributed by atoms with van der Waals surface area (Å²) in [6.45, 7) is 4.67. The minimum atomic E-state index is 0.0440. The number of benzene rings is 2. The summed E-state index contributed by atoms with van der Waals surface area (Å²) in [5.74, 6) is 0.306. The molecule has 0 aliphatic heterocycles. The molecule has 2 rings (SSSR count). The van der Waals surface area contributed by atoms with E-state index in [-0.39, 0.29) is 11.7 Å². The average molecular weight is 283 g/mol. The standard InChI is InChI=1S/C18H21NO2/c1-13-3-4-14(2)16(11-13)12-18(21)19-10-9-15-5-7-17(20)8-6-15/h3-8,11,20H,9-10,12H2,1-2H3,(H,19,21). The van der Waals surface area contributed by atoms with Crippen molar-refractivity contribution in [2.75, 3.05) is 6.54 Å². The third-order valence-corrected chi connectivity index (χ3v) is 3.53. The van der Waals surface area contributed by atoms with Gasteiger partial charge < -0.3 is 10.4 Å². The first kappa shape index (κ1) is 15.1. The molecule has 0 aromatic heterocycles. The van der Waals surface area contributed by atoms with Crippen molar-refractivity contribution in [3.8, 4) is 5.75 Å². The van der Waals surface area contributed by atoms with Gasteiger partial charge in [-0.2, -0.15) is 0 Å². The molecule has 21 heavy (non-hydrogen) atoms. The lowest BCUT2D eigenvalue weighted by molar-refractivity contribution is -0.120. The number of aryl methyl sites for hydroxylation is 2. The highest BCUT2D eigenvalue weighted by Gasteiger charge is 2.06. The van der Waals surface area contributed by atoms with E-state index in [2.05, 4.69) is 17.4 Å². The topological polar surface area (TPSA) is 49.3 Å². The van der Waals surface area contributed by atoms with Crippen molar-refractivity contribution >= 4 is 5.91 Å². The first-order valence-corrected chi connectivity index (χ1v) is 7.15. The van der Waals surface area contributed by atoms with Gasteiger partial charge in [0.1, 0.15) is 5.75 Å². The van der Waals surface area contributed by atoms with Gasteiger partial charge in [-0.05, 0) is 49.1 Å². The van der Waals surface area contributed by atoms with Crippen molar-refractivity contribution in [1.29, 1.82) is 0 Å². The third kappa shape index (κ3) is 4.63. The Labute approximate surface area is 125 Å². The van der Waals surface area contributed by atoms with E-state index in [0.29, 0.717) is 13.0 Å². The highest BCUT2D eigenvalue weighted by molar-refractivity contribution is 5.79. The van der Waals surface area contributed by atoms with Gasteiger partial charge in [0.15, 0.2) is 0 Å². The summed E-state index contributed by atoms with van der Waals surface area (Å²) in [5.41, 5.74) is 4.50. The quantitative estimate of drug-likeness (QED) is 0.886. The maximum Gasteiger partial charge on any atom is 0.224 e. The normalized spacial score (nSPS) is 10.4. The van der Waals surface area contributed by atoms with Gasteiger partial charge in [0.05, 0.1) is 6.42 Å². The van der Waals surface area contributed by atoms with Gasteiger partial charge in [0.2, 0.25) is 5.91 Å². The number of amides is 1. The van der Waals surface area contributed by atoms with Crippen LogP contribution in [0.25, 0.3) is 0 Å². The first-order chi connectivity index (χ1) is 10.0. The number of carbonyl (C=O) groups is 1. The number of rotatable bonds is 5.